The monoisotopic (exact) mass is 341 g/mol. The van der Waals surface area contributed by atoms with Crippen LogP contribution in [0.25, 0.3) is 0 Å². The van der Waals surface area contributed by atoms with Gasteiger partial charge in [-0.1, -0.05) is 6.92 Å². The van der Waals surface area contributed by atoms with Crippen LogP contribution in [0.5, 0.6) is 0 Å². The molecule has 1 unspecified atom stereocenters. The molecule has 0 aromatic rings. The van der Waals surface area contributed by atoms with Crippen molar-refractivity contribution in [3.8, 4) is 0 Å². The van der Waals surface area contributed by atoms with Gasteiger partial charge in [-0.3, -0.25) is 14.5 Å². The summed E-state index contributed by atoms with van der Waals surface area (Å²) in [4.78, 5) is 37.5. The van der Waals surface area contributed by atoms with Crippen LogP contribution < -0.4 is 0 Å². The molecular weight excluding hydrogens is 318 g/mol. The number of ether oxygens (including phenoxy) is 2. The molecule has 0 aromatic carbocycles. The Labute approximate surface area is 140 Å². The van der Waals surface area contributed by atoms with Gasteiger partial charge in [-0.05, 0) is 27.2 Å². The zero-order chi connectivity index (χ0) is 17.4. The zero-order valence-electron chi connectivity index (χ0n) is 14.2. The van der Waals surface area contributed by atoms with Crippen LogP contribution in [0.2, 0.25) is 0 Å². The summed E-state index contributed by atoms with van der Waals surface area (Å²) in [6.07, 6.45) is 0.744. The summed E-state index contributed by atoms with van der Waals surface area (Å²) >= 11 is 1.60. The van der Waals surface area contributed by atoms with Crippen LogP contribution in [-0.4, -0.2) is 46.1 Å². The van der Waals surface area contributed by atoms with Crippen LogP contribution in [0.4, 0.5) is 0 Å². The number of carbonyl (C=O) groups is 3. The van der Waals surface area contributed by atoms with Crippen molar-refractivity contribution in [3.63, 3.8) is 0 Å². The topological polar surface area (TPSA) is 72.9 Å². The third kappa shape index (κ3) is 3.71. The number of fused-ring (bicyclic) bond motifs is 1. The second-order valence-corrected chi connectivity index (χ2v) is 7.76. The number of thioether (sulfide) groups is 1. The fourth-order valence-corrected chi connectivity index (χ4v) is 4.11. The Morgan fingerprint density at radius 2 is 2.00 bits per heavy atom. The summed E-state index contributed by atoms with van der Waals surface area (Å²) < 4.78 is 10.5. The maximum absolute atomic E-state index is 12.6. The van der Waals surface area contributed by atoms with E-state index in [0.717, 1.165) is 6.42 Å². The van der Waals surface area contributed by atoms with E-state index in [-0.39, 0.29) is 29.5 Å². The predicted molar refractivity (Wildman–Crippen MR) is 86.4 cm³/mol. The average molecular weight is 341 g/mol. The highest BCUT2D eigenvalue weighted by atomic mass is 32.2. The van der Waals surface area contributed by atoms with Crippen molar-refractivity contribution in [2.75, 3.05) is 12.4 Å². The number of esters is 2. The first-order valence-electron chi connectivity index (χ1n) is 7.69. The molecule has 0 radical (unpaired) electrons. The third-order valence-corrected chi connectivity index (χ3v) is 5.04. The van der Waals surface area contributed by atoms with Crippen LogP contribution in [0.1, 0.15) is 41.0 Å². The maximum Gasteiger partial charge on any atom is 0.355 e. The molecule has 128 valence electrons. The minimum absolute atomic E-state index is 0.00417. The van der Waals surface area contributed by atoms with Crippen molar-refractivity contribution in [1.82, 2.24) is 4.90 Å². The Balaban J connectivity index is 2.31. The van der Waals surface area contributed by atoms with Gasteiger partial charge in [0.25, 0.3) is 0 Å². The Hall–Kier alpha value is -1.50. The van der Waals surface area contributed by atoms with Crippen molar-refractivity contribution in [1.29, 1.82) is 0 Å². The second-order valence-electron chi connectivity index (χ2n) is 6.66. The van der Waals surface area contributed by atoms with Gasteiger partial charge in [-0.15, -0.1) is 11.8 Å². The molecule has 2 heterocycles. The van der Waals surface area contributed by atoms with E-state index in [1.807, 2.05) is 6.92 Å². The summed E-state index contributed by atoms with van der Waals surface area (Å²) in [5.41, 5.74) is 0.215. The van der Waals surface area contributed by atoms with Crippen molar-refractivity contribution < 1.29 is 23.9 Å². The molecule has 1 fully saturated rings. The van der Waals surface area contributed by atoms with E-state index in [1.54, 1.807) is 32.5 Å². The molecule has 1 amide bonds. The van der Waals surface area contributed by atoms with E-state index in [4.69, 9.17) is 9.47 Å². The Morgan fingerprint density at radius 1 is 1.35 bits per heavy atom. The summed E-state index contributed by atoms with van der Waals surface area (Å²) in [6, 6.07) is 0. The molecular formula is C16H23NO5S. The lowest BCUT2D eigenvalue weighted by Gasteiger charge is -2.50. The highest BCUT2D eigenvalue weighted by Crippen LogP contribution is 2.45. The largest absolute Gasteiger partial charge is 0.461 e. The smallest absolute Gasteiger partial charge is 0.355 e. The van der Waals surface area contributed by atoms with Crippen molar-refractivity contribution in [2.45, 2.75) is 52.0 Å². The minimum Gasteiger partial charge on any atom is -0.461 e. The number of hydrogen-bond acceptors (Lipinski definition) is 6. The van der Waals surface area contributed by atoms with E-state index in [0.29, 0.717) is 11.3 Å². The molecule has 0 saturated carbocycles. The zero-order valence-corrected chi connectivity index (χ0v) is 15.0. The van der Waals surface area contributed by atoms with Crippen LogP contribution in [-0.2, 0) is 23.9 Å². The van der Waals surface area contributed by atoms with Gasteiger partial charge >= 0.3 is 11.9 Å². The van der Waals surface area contributed by atoms with E-state index in [1.165, 1.54) is 11.8 Å². The normalized spacial score (nSPS) is 24.0. The fraction of sp³-hybridized carbons (Fsp3) is 0.688. The quantitative estimate of drug-likeness (QED) is 0.576. The Morgan fingerprint density at radius 3 is 2.52 bits per heavy atom. The van der Waals surface area contributed by atoms with E-state index in [2.05, 4.69) is 0 Å². The van der Waals surface area contributed by atoms with Crippen LogP contribution in [0.15, 0.2) is 11.3 Å². The van der Waals surface area contributed by atoms with Crippen molar-refractivity contribution in [2.24, 2.45) is 5.92 Å². The van der Waals surface area contributed by atoms with E-state index in [9.17, 15) is 14.4 Å². The lowest BCUT2D eigenvalue weighted by molar-refractivity contribution is -0.160. The Kier molecular flexibility index (Phi) is 5.08. The molecule has 2 aliphatic rings. The van der Waals surface area contributed by atoms with Crippen molar-refractivity contribution in [3.05, 3.63) is 11.3 Å². The molecule has 1 saturated heterocycles. The molecule has 0 aromatic heterocycles. The van der Waals surface area contributed by atoms with Crippen LogP contribution in [0.3, 0.4) is 0 Å². The predicted octanol–water partition coefficient (Wildman–Crippen LogP) is 2.09. The number of amides is 1. The summed E-state index contributed by atoms with van der Waals surface area (Å²) in [7, 11) is 0. The standard InChI is InChI=1S/C16H23NO5S/c1-6-11-13(19)17-12(15(20)22-16(3,4)5)10(7-21-9(2)18)8-23-14(11)17/h11,14H,6-8H2,1-5H3/t11-,14?/m1/s1. The SMILES string of the molecule is CC[C@@H]1C(=O)N2C(C(=O)OC(C)(C)C)=C(COC(C)=O)CSC12. The molecule has 0 bridgehead atoms. The summed E-state index contributed by atoms with van der Waals surface area (Å²) in [5, 5.41) is -0.0314. The molecule has 2 rings (SSSR count). The van der Waals surface area contributed by atoms with Gasteiger partial charge in [0.05, 0.1) is 11.3 Å². The number of carbonyl (C=O) groups excluding carboxylic acids is 3. The molecule has 7 heteroatoms. The molecule has 2 atom stereocenters. The van der Waals surface area contributed by atoms with Gasteiger partial charge in [0.2, 0.25) is 5.91 Å². The number of nitrogens with zero attached hydrogens (tertiary/aromatic N) is 1. The van der Waals surface area contributed by atoms with Gasteiger partial charge in [-0.25, -0.2) is 4.79 Å². The molecule has 0 spiro atoms. The lowest BCUT2D eigenvalue weighted by Crippen LogP contribution is -2.61. The molecule has 0 aliphatic carbocycles. The van der Waals surface area contributed by atoms with E-state index >= 15 is 0 Å². The first-order valence-corrected chi connectivity index (χ1v) is 8.74. The highest BCUT2D eigenvalue weighted by molar-refractivity contribution is 8.00. The van der Waals surface area contributed by atoms with Crippen LogP contribution in [0, 0.1) is 5.92 Å². The van der Waals surface area contributed by atoms with Gasteiger partial charge in [0.15, 0.2) is 0 Å². The number of rotatable bonds is 4. The molecule has 0 N–H and O–H groups in total. The summed E-state index contributed by atoms with van der Waals surface area (Å²) in [6.45, 7) is 8.61. The van der Waals surface area contributed by atoms with Crippen LogP contribution >= 0.6 is 11.8 Å². The van der Waals surface area contributed by atoms with Crippen molar-refractivity contribution >= 4 is 29.6 Å². The third-order valence-electron chi connectivity index (χ3n) is 3.64. The second kappa shape index (κ2) is 6.55. The average Bonchev–Trinajstić information content (AvgIpc) is 2.42. The molecule has 23 heavy (non-hydrogen) atoms. The first-order chi connectivity index (χ1) is 10.7. The fourth-order valence-electron chi connectivity index (χ4n) is 2.62. The summed E-state index contributed by atoms with van der Waals surface area (Å²) in [5.74, 6) is -0.534. The minimum atomic E-state index is -0.658. The maximum atomic E-state index is 12.6. The Bertz CT molecular complexity index is 563. The molecule has 2 aliphatic heterocycles. The molecule has 6 nitrogen and oxygen atoms in total. The van der Waals surface area contributed by atoms with Gasteiger partial charge in [0, 0.05) is 18.2 Å². The number of hydrogen-bond donors (Lipinski definition) is 0. The highest BCUT2D eigenvalue weighted by Gasteiger charge is 2.53. The van der Waals surface area contributed by atoms with Gasteiger partial charge in [0.1, 0.15) is 17.9 Å². The van der Waals surface area contributed by atoms with Gasteiger partial charge < -0.3 is 9.47 Å². The first kappa shape index (κ1) is 17.8. The van der Waals surface area contributed by atoms with E-state index < -0.39 is 17.5 Å². The van der Waals surface area contributed by atoms with Gasteiger partial charge in [-0.2, -0.15) is 0 Å². The lowest BCUT2D eigenvalue weighted by atomic mass is 9.93. The number of β-lactam (4-membered cyclic amide) rings is 1.